The Labute approximate surface area is 144 Å². The minimum Gasteiger partial charge on any atom is -0.356 e. The van der Waals surface area contributed by atoms with Crippen molar-refractivity contribution in [2.75, 3.05) is 5.32 Å². The van der Waals surface area contributed by atoms with Crippen LogP contribution in [0.25, 0.3) is 0 Å². The fourth-order valence-corrected chi connectivity index (χ4v) is 3.09. The molecule has 2 nitrogen and oxygen atoms in total. The van der Waals surface area contributed by atoms with E-state index >= 15 is 0 Å². The van der Waals surface area contributed by atoms with Gasteiger partial charge < -0.3 is 10.6 Å². The van der Waals surface area contributed by atoms with Gasteiger partial charge in [0.2, 0.25) is 0 Å². The van der Waals surface area contributed by atoms with Gasteiger partial charge in [-0.2, -0.15) is 0 Å². The molecule has 0 amide bonds. The third-order valence-electron chi connectivity index (χ3n) is 3.24. The summed E-state index contributed by atoms with van der Waals surface area (Å²) >= 11 is 15.0. The van der Waals surface area contributed by atoms with Gasteiger partial charge in [0.05, 0.1) is 6.04 Å². The second-order valence-electron chi connectivity index (χ2n) is 4.75. The summed E-state index contributed by atoms with van der Waals surface area (Å²) in [6, 6.07) is 13.9. The Morgan fingerprint density at radius 1 is 1.19 bits per heavy atom. The smallest absolute Gasteiger partial charge is 0.171 e. The lowest BCUT2D eigenvalue weighted by molar-refractivity contribution is 0.719. The maximum absolute atomic E-state index is 6.11. The number of thiocarbonyl (C=S) groups is 1. The Morgan fingerprint density at radius 3 is 2.62 bits per heavy atom. The summed E-state index contributed by atoms with van der Waals surface area (Å²) in [5.74, 6) is 0. The standard InChI is InChI=1S/C16H16BrClN2S/c1-10-14(18)8-5-9-15(10)20-16(21)19-11(2)12-6-3-4-7-13(12)17/h3-9,11H,1-2H3,(H2,19,20,21)/t11-/m0/s1. The van der Waals surface area contributed by atoms with E-state index in [2.05, 4.69) is 39.6 Å². The van der Waals surface area contributed by atoms with Crippen molar-refractivity contribution in [1.29, 1.82) is 0 Å². The fourth-order valence-electron chi connectivity index (χ4n) is 2.00. The number of hydrogen-bond acceptors (Lipinski definition) is 1. The van der Waals surface area contributed by atoms with Crippen molar-refractivity contribution in [2.45, 2.75) is 19.9 Å². The topological polar surface area (TPSA) is 24.1 Å². The van der Waals surface area contributed by atoms with Gasteiger partial charge in [-0.15, -0.1) is 0 Å². The Hall–Kier alpha value is -1.10. The number of hydrogen-bond donors (Lipinski definition) is 2. The Kier molecular flexibility index (Phi) is 5.62. The van der Waals surface area contributed by atoms with Crippen LogP contribution in [-0.4, -0.2) is 5.11 Å². The van der Waals surface area contributed by atoms with Gasteiger partial charge in [0.15, 0.2) is 5.11 Å². The quantitative estimate of drug-likeness (QED) is 0.688. The highest BCUT2D eigenvalue weighted by Gasteiger charge is 2.11. The summed E-state index contributed by atoms with van der Waals surface area (Å²) in [5, 5.41) is 7.77. The zero-order chi connectivity index (χ0) is 15.4. The molecule has 2 rings (SSSR count). The van der Waals surface area contributed by atoms with E-state index in [1.807, 2.05) is 43.3 Å². The van der Waals surface area contributed by atoms with Crippen molar-refractivity contribution < 1.29 is 0 Å². The first-order valence-electron chi connectivity index (χ1n) is 6.56. The van der Waals surface area contributed by atoms with E-state index in [9.17, 15) is 0 Å². The van der Waals surface area contributed by atoms with E-state index in [1.165, 1.54) is 0 Å². The van der Waals surface area contributed by atoms with Gasteiger partial charge in [0.25, 0.3) is 0 Å². The normalized spacial score (nSPS) is 11.8. The second-order valence-corrected chi connectivity index (χ2v) is 6.42. The molecule has 0 unspecified atom stereocenters. The molecule has 110 valence electrons. The summed E-state index contributed by atoms with van der Waals surface area (Å²) in [7, 11) is 0. The van der Waals surface area contributed by atoms with Crippen molar-refractivity contribution in [3.05, 3.63) is 63.1 Å². The molecule has 2 aromatic rings. The molecule has 0 fully saturated rings. The average molecular weight is 384 g/mol. The van der Waals surface area contributed by atoms with Gasteiger partial charge >= 0.3 is 0 Å². The predicted octanol–water partition coefficient (Wildman–Crippen LogP) is 5.46. The maximum Gasteiger partial charge on any atom is 0.171 e. The van der Waals surface area contributed by atoms with E-state index in [-0.39, 0.29) is 6.04 Å². The van der Waals surface area contributed by atoms with Crippen LogP contribution >= 0.6 is 39.7 Å². The Balaban J connectivity index is 2.05. The Bertz CT molecular complexity index is 660. The van der Waals surface area contributed by atoms with Crippen molar-refractivity contribution in [3.63, 3.8) is 0 Å². The molecule has 0 aliphatic rings. The summed E-state index contributed by atoms with van der Waals surface area (Å²) in [5.41, 5.74) is 3.06. The van der Waals surface area contributed by atoms with Gasteiger partial charge in [-0.3, -0.25) is 0 Å². The summed E-state index contributed by atoms with van der Waals surface area (Å²) in [6.45, 7) is 4.03. The van der Waals surface area contributed by atoms with Crippen LogP contribution in [0.4, 0.5) is 5.69 Å². The van der Waals surface area contributed by atoms with Crippen LogP contribution in [-0.2, 0) is 0 Å². The first-order valence-corrected chi connectivity index (χ1v) is 8.14. The van der Waals surface area contributed by atoms with Crippen LogP contribution in [0.1, 0.15) is 24.1 Å². The van der Waals surface area contributed by atoms with Crippen molar-refractivity contribution in [3.8, 4) is 0 Å². The van der Waals surface area contributed by atoms with Crippen molar-refractivity contribution in [2.24, 2.45) is 0 Å². The highest BCUT2D eigenvalue weighted by Crippen LogP contribution is 2.24. The second kappa shape index (κ2) is 7.25. The Morgan fingerprint density at radius 2 is 1.90 bits per heavy atom. The van der Waals surface area contributed by atoms with Crippen LogP contribution in [0.2, 0.25) is 5.02 Å². The molecule has 0 saturated heterocycles. The number of halogens is 2. The lowest BCUT2D eigenvalue weighted by atomic mass is 10.1. The maximum atomic E-state index is 6.11. The van der Waals surface area contributed by atoms with E-state index in [0.717, 1.165) is 26.3 Å². The van der Waals surface area contributed by atoms with Crippen LogP contribution in [0, 0.1) is 6.92 Å². The van der Waals surface area contributed by atoms with E-state index in [1.54, 1.807) is 0 Å². The largest absolute Gasteiger partial charge is 0.356 e. The minimum atomic E-state index is 0.0973. The van der Waals surface area contributed by atoms with E-state index in [4.69, 9.17) is 23.8 Å². The first-order chi connectivity index (χ1) is 9.99. The highest BCUT2D eigenvalue weighted by atomic mass is 79.9. The number of benzene rings is 2. The average Bonchev–Trinajstić information content (AvgIpc) is 2.44. The van der Waals surface area contributed by atoms with E-state index < -0.39 is 0 Å². The lowest BCUT2D eigenvalue weighted by Crippen LogP contribution is -2.31. The molecule has 5 heteroatoms. The zero-order valence-electron chi connectivity index (χ0n) is 11.8. The molecular formula is C16H16BrClN2S. The highest BCUT2D eigenvalue weighted by molar-refractivity contribution is 9.10. The number of anilines is 1. The fraction of sp³-hybridized carbons (Fsp3) is 0.188. The summed E-state index contributed by atoms with van der Waals surface area (Å²) in [6.07, 6.45) is 0. The number of rotatable bonds is 3. The molecule has 0 aliphatic heterocycles. The molecule has 0 bridgehead atoms. The summed E-state index contributed by atoms with van der Waals surface area (Å²) in [4.78, 5) is 0. The van der Waals surface area contributed by atoms with Gasteiger partial charge in [-0.25, -0.2) is 0 Å². The monoisotopic (exact) mass is 382 g/mol. The van der Waals surface area contributed by atoms with Gasteiger partial charge in [-0.05, 0) is 55.4 Å². The third-order valence-corrected chi connectivity index (χ3v) is 4.59. The molecule has 0 spiro atoms. The molecule has 0 radical (unpaired) electrons. The lowest BCUT2D eigenvalue weighted by Gasteiger charge is -2.19. The molecule has 2 N–H and O–H groups in total. The number of nitrogens with one attached hydrogen (secondary N) is 2. The molecule has 0 aromatic heterocycles. The zero-order valence-corrected chi connectivity index (χ0v) is 14.9. The van der Waals surface area contributed by atoms with Gasteiger partial charge in [-0.1, -0.05) is 51.8 Å². The van der Waals surface area contributed by atoms with Crippen LogP contribution in [0.5, 0.6) is 0 Å². The first kappa shape index (κ1) is 16.3. The van der Waals surface area contributed by atoms with Gasteiger partial charge in [0, 0.05) is 15.2 Å². The third kappa shape index (κ3) is 4.19. The molecule has 0 aliphatic carbocycles. The van der Waals surface area contributed by atoms with Crippen LogP contribution < -0.4 is 10.6 Å². The molecule has 21 heavy (non-hydrogen) atoms. The molecule has 0 heterocycles. The van der Waals surface area contributed by atoms with Crippen LogP contribution in [0.3, 0.4) is 0 Å². The predicted molar refractivity (Wildman–Crippen MR) is 98.1 cm³/mol. The van der Waals surface area contributed by atoms with Crippen LogP contribution in [0.15, 0.2) is 46.9 Å². The van der Waals surface area contributed by atoms with E-state index in [0.29, 0.717) is 5.11 Å². The van der Waals surface area contributed by atoms with Gasteiger partial charge in [0.1, 0.15) is 0 Å². The molecular weight excluding hydrogens is 368 g/mol. The molecule has 0 saturated carbocycles. The van der Waals surface area contributed by atoms with Crippen molar-refractivity contribution >= 4 is 50.5 Å². The summed E-state index contributed by atoms with van der Waals surface area (Å²) < 4.78 is 1.06. The molecule has 1 atom stereocenters. The SMILES string of the molecule is Cc1c(Cl)cccc1NC(=S)N[C@@H](C)c1ccccc1Br. The van der Waals surface area contributed by atoms with Crippen molar-refractivity contribution in [1.82, 2.24) is 5.32 Å². The molecule has 2 aromatic carbocycles. The minimum absolute atomic E-state index is 0.0973.